The predicted octanol–water partition coefficient (Wildman–Crippen LogP) is 4.29. The molecule has 0 aliphatic carbocycles. The molecule has 0 atom stereocenters. The smallest absolute Gasteiger partial charge is 0.251 e. The minimum absolute atomic E-state index is 0.00154. The van der Waals surface area contributed by atoms with Gasteiger partial charge in [0.25, 0.3) is 5.91 Å². The normalized spacial score (nSPS) is 10.8. The molecule has 1 amide bonds. The molecule has 0 saturated heterocycles. The molecular weight excluding hydrogens is 324 g/mol. The molecule has 2 rings (SSSR count). The maximum absolute atomic E-state index is 12.0. The van der Waals surface area contributed by atoms with Crippen molar-refractivity contribution in [3.8, 4) is 5.75 Å². The molecule has 0 saturated carbocycles. The molecule has 0 radical (unpaired) electrons. The van der Waals surface area contributed by atoms with E-state index in [1.54, 1.807) is 0 Å². The molecule has 0 spiro atoms. The van der Waals surface area contributed by atoms with Crippen molar-refractivity contribution in [3.63, 3.8) is 0 Å². The highest BCUT2D eigenvalue weighted by atomic mass is 16.5. The van der Waals surface area contributed by atoms with Crippen molar-refractivity contribution in [2.24, 2.45) is 0 Å². The fourth-order valence-electron chi connectivity index (χ4n) is 2.56. The number of carbonyl (C=O) groups excluding carboxylic acids is 1. The molecule has 4 heteroatoms. The maximum atomic E-state index is 12.0. The molecule has 140 valence electrons. The molecule has 0 aliphatic rings. The highest BCUT2D eigenvalue weighted by Crippen LogP contribution is 2.14. The van der Waals surface area contributed by atoms with Gasteiger partial charge in [-0.15, -0.1) is 0 Å². The number of benzene rings is 2. The summed E-state index contributed by atoms with van der Waals surface area (Å²) in [5.74, 6) is 0.901. The van der Waals surface area contributed by atoms with E-state index in [0.29, 0.717) is 5.56 Å². The standard InChI is InChI=1S/C22H30N2O2/c1-4-5-14-24-22(25)20-10-6-18(7-11-20)15-23-16-19-8-12-21(13-9-19)26-17(2)3/h6-13,17,23H,4-5,14-16H2,1-3H3,(H,24,25). The van der Waals surface area contributed by atoms with E-state index in [4.69, 9.17) is 4.74 Å². The van der Waals surface area contributed by atoms with Crippen LogP contribution in [-0.4, -0.2) is 18.6 Å². The number of hydrogen-bond donors (Lipinski definition) is 2. The number of carbonyl (C=O) groups is 1. The van der Waals surface area contributed by atoms with E-state index in [2.05, 4.69) is 29.7 Å². The zero-order valence-electron chi connectivity index (χ0n) is 16.0. The topological polar surface area (TPSA) is 50.4 Å². The molecule has 0 aliphatic heterocycles. The Kier molecular flexibility index (Phi) is 8.16. The molecule has 2 N–H and O–H groups in total. The second-order valence-corrected chi connectivity index (χ2v) is 6.72. The van der Waals surface area contributed by atoms with Crippen molar-refractivity contribution in [2.45, 2.75) is 52.8 Å². The van der Waals surface area contributed by atoms with Crippen LogP contribution in [0.3, 0.4) is 0 Å². The predicted molar refractivity (Wildman–Crippen MR) is 106 cm³/mol. The van der Waals surface area contributed by atoms with Gasteiger partial charge in [-0.25, -0.2) is 0 Å². The van der Waals surface area contributed by atoms with Gasteiger partial charge in [0.15, 0.2) is 0 Å². The van der Waals surface area contributed by atoms with Crippen molar-refractivity contribution < 1.29 is 9.53 Å². The lowest BCUT2D eigenvalue weighted by Gasteiger charge is -2.10. The van der Waals surface area contributed by atoms with Crippen LogP contribution >= 0.6 is 0 Å². The minimum atomic E-state index is 0.00154. The van der Waals surface area contributed by atoms with Gasteiger partial charge in [0.1, 0.15) is 5.75 Å². The van der Waals surface area contributed by atoms with Gasteiger partial charge in [0.05, 0.1) is 6.10 Å². The summed E-state index contributed by atoms with van der Waals surface area (Å²) < 4.78 is 5.65. The van der Waals surface area contributed by atoms with Gasteiger partial charge in [-0.05, 0) is 55.7 Å². The summed E-state index contributed by atoms with van der Waals surface area (Å²) >= 11 is 0. The third kappa shape index (κ3) is 6.89. The first-order chi connectivity index (χ1) is 12.6. The van der Waals surface area contributed by atoms with E-state index in [1.165, 1.54) is 5.56 Å². The lowest BCUT2D eigenvalue weighted by atomic mass is 10.1. The zero-order valence-corrected chi connectivity index (χ0v) is 16.0. The minimum Gasteiger partial charge on any atom is -0.491 e. The third-order valence-electron chi connectivity index (χ3n) is 3.99. The van der Waals surface area contributed by atoms with E-state index in [1.807, 2.05) is 50.2 Å². The number of ether oxygens (including phenoxy) is 1. The van der Waals surface area contributed by atoms with Crippen molar-refractivity contribution in [1.82, 2.24) is 10.6 Å². The molecule has 0 heterocycles. The highest BCUT2D eigenvalue weighted by Gasteiger charge is 2.04. The van der Waals surface area contributed by atoms with Crippen LogP contribution < -0.4 is 15.4 Å². The Labute approximate surface area is 157 Å². The molecule has 0 unspecified atom stereocenters. The summed E-state index contributed by atoms with van der Waals surface area (Å²) in [6.07, 6.45) is 2.28. The van der Waals surface area contributed by atoms with Gasteiger partial charge in [0, 0.05) is 25.2 Å². The molecule has 2 aromatic carbocycles. The number of hydrogen-bond acceptors (Lipinski definition) is 3. The second-order valence-electron chi connectivity index (χ2n) is 6.72. The summed E-state index contributed by atoms with van der Waals surface area (Å²) in [4.78, 5) is 12.0. The van der Waals surface area contributed by atoms with Crippen LogP contribution in [0, 0.1) is 0 Å². The first-order valence-corrected chi connectivity index (χ1v) is 9.42. The summed E-state index contributed by atoms with van der Waals surface area (Å²) in [6.45, 7) is 8.45. The molecule has 26 heavy (non-hydrogen) atoms. The summed E-state index contributed by atoms with van der Waals surface area (Å²) in [5.41, 5.74) is 3.09. The van der Waals surface area contributed by atoms with E-state index in [9.17, 15) is 4.79 Å². The number of nitrogens with one attached hydrogen (secondary N) is 2. The highest BCUT2D eigenvalue weighted by molar-refractivity contribution is 5.94. The van der Waals surface area contributed by atoms with Crippen LogP contribution in [-0.2, 0) is 13.1 Å². The number of rotatable bonds is 10. The van der Waals surface area contributed by atoms with Crippen molar-refractivity contribution in [1.29, 1.82) is 0 Å². The third-order valence-corrected chi connectivity index (χ3v) is 3.99. The fourth-order valence-corrected chi connectivity index (χ4v) is 2.56. The molecule has 0 bridgehead atoms. The summed E-state index contributed by atoms with van der Waals surface area (Å²) in [5, 5.41) is 6.36. The van der Waals surface area contributed by atoms with Crippen LogP contribution in [0.5, 0.6) is 5.75 Å². The Balaban J connectivity index is 1.76. The van der Waals surface area contributed by atoms with E-state index < -0.39 is 0 Å². The average Bonchev–Trinajstić information content (AvgIpc) is 2.63. The SMILES string of the molecule is CCCCNC(=O)c1ccc(CNCc2ccc(OC(C)C)cc2)cc1. The lowest BCUT2D eigenvalue weighted by molar-refractivity contribution is 0.0953. The van der Waals surface area contributed by atoms with E-state index >= 15 is 0 Å². The number of unbranched alkanes of at least 4 members (excludes halogenated alkanes) is 1. The Morgan fingerprint density at radius 3 is 2.08 bits per heavy atom. The van der Waals surface area contributed by atoms with Crippen LogP contribution in [0.2, 0.25) is 0 Å². The molecule has 4 nitrogen and oxygen atoms in total. The van der Waals surface area contributed by atoms with E-state index in [0.717, 1.165) is 43.8 Å². The number of amides is 1. The Morgan fingerprint density at radius 2 is 1.54 bits per heavy atom. The average molecular weight is 354 g/mol. The van der Waals surface area contributed by atoms with Crippen molar-refractivity contribution in [3.05, 3.63) is 65.2 Å². The van der Waals surface area contributed by atoms with Crippen molar-refractivity contribution >= 4 is 5.91 Å². The summed E-state index contributed by atoms with van der Waals surface area (Å²) in [7, 11) is 0. The largest absolute Gasteiger partial charge is 0.491 e. The quantitative estimate of drug-likeness (QED) is 0.626. The van der Waals surface area contributed by atoms with Gasteiger partial charge < -0.3 is 15.4 Å². The zero-order chi connectivity index (χ0) is 18.8. The summed E-state index contributed by atoms with van der Waals surface area (Å²) in [6, 6.07) is 15.9. The maximum Gasteiger partial charge on any atom is 0.251 e. The molecule has 0 fully saturated rings. The molecule has 0 aromatic heterocycles. The first-order valence-electron chi connectivity index (χ1n) is 9.42. The van der Waals surface area contributed by atoms with Gasteiger partial charge in [-0.3, -0.25) is 4.79 Å². The van der Waals surface area contributed by atoms with Crippen LogP contribution in [0.1, 0.15) is 55.1 Å². The van der Waals surface area contributed by atoms with Gasteiger partial charge >= 0.3 is 0 Å². The molecule has 2 aromatic rings. The van der Waals surface area contributed by atoms with Crippen molar-refractivity contribution in [2.75, 3.05) is 6.54 Å². The Bertz CT molecular complexity index is 664. The van der Waals surface area contributed by atoms with Gasteiger partial charge in [0.2, 0.25) is 0 Å². The van der Waals surface area contributed by atoms with Crippen LogP contribution in [0.4, 0.5) is 0 Å². The van der Waals surface area contributed by atoms with Crippen LogP contribution in [0.15, 0.2) is 48.5 Å². The lowest BCUT2D eigenvalue weighted by Crippen LogP contribution is -2.24. The first kappa shape index (κ1) is 20.0. The molecular formula is C22H30N2O2. The fraction of sp³-hybridized carbons (Fsp3) is 0.409. The Hall–Kier alpha value is -2.33. The van der Waals surface area contributed by atoms with Gasteiger partial charge in [-0.2, -0.15) is 0 Å². The van der Waals surface area contributed by atoms with E-state index in [-0.39, 0.29) is 12.0 Å². The second kappa shape index (κ2) is 10.6. The Morgan fingerprint density at radius 1 is 0.962 bits per heavy atom. The van der Waals surface area contributed by atoms with Crippen LogP contribution in [0.25, 0.3) is 0 Å². The van der Waals surface area contributed by atoms with Gasteiger partial charge in [-0.1, -0.05) is 37.6 Å². The monoisotopic (exact) mass is 354 g/mol.